The van der Waals surface area contributed by atoms with E-state index in [-0.39, 0.29) is 12.0 Å². The van der Waals surface area contributed by atoms with E-state index in [4.69, 9.17) is 0 Å². The number of nitrogens with zero attached hydrogens (tertiary/aromatic N) is 3. The number of rotatable bonds is 5. The van der Waals surface area contributed by atoms with E-state index in [2.05, 4.69) is 9.71 Å². The van der Waals surface area contributed by atoms with Crippen LogP contribution in [0.3, 0.4) is 0 Å². The molecule has 7 heteroatoms. The summed E-state index contributed by atoms with van der Waals surface area (Å²) in [4.78, 5) is 4.27. The molecule has 0 saturated carbocycles. The molecule has 108 valence electrons. The minimum Gasteiger partial charge on any atom is -0.337 e. The zero-order valence-electron chi connectivity index (χ0n) is 11.7. The van der Waals surface area contributed by atoms with Crippen LogP contribution in [0.5, 0.6) is 0 Å². The van der Waals surface area contributed by atoms with Gasteiger partial charge in [-0.25, -0.2) is 4.98 Å². The lowest BCUT2D eigenvalue weighted by Gasteiger charge is -2.25. The predicted octanol–water partition coefficient (Wildman–Crippen LogP) is 1.05. The van der Waals surface area contributed by atoms with Crippen molar-refractivity contribution in [1.82, 2.24) is 18.6 Å². The fourth-order valence-electron chi connectivity index (χ4n) is 2.33. The Morgan fingerprint density at radius 1 is 1.32 bits per heavy atom. The summed E-state index contributed by atoms with van der Waals surface area (Å²) in [6.07, 6.45) is 5.40. The molecule has 1 aromatic rings. The summed E-state index contributed by atoms with van der Waals surface area (Å²) in [6.45, 7) is 5.21. The zero-order chi connectivity index (χ0) is 14.0. The van der Waals surface area contributed by atoms with Gasteiger partial charge in [0, 0.05) is 32.5 Å². The number of nitrogens with one attached hydrogen (secondary N) is 1. The van der Waals surface area contributed by atoms with Gasteiger partial charge in [0.05, 0.1) is 6.04 Å². The van der Waals surface area contributed by atoms with Gasteiger partial charge < -0.3 is 4.57 Å². The van der Waals surface area contributed by atoms with Gasteiger partial charge in [-0.15, -0.1) is 0 Å². The fraction of sp³-hybridized carbons (Fsp3) is 0.750. The Labute approximate surface area is 115 Å². The Morgan fingerprint density at radius 3 is 2.42 bits per heavy atom. The lowest BCUT2D eigenvalue weighted by atomic mass is 10.1. The number of imidazole rings is 1. The Hall–Kier alpha value is -0.920. The van der Waals surface area contributed by atoms with Gasteiger partial charge in [-0.2, -0.15) is 17.4 Å². The molecule has 1 atom stereocenters. The summed E-state index contributed by atoms with van der Waals surface area (Å²) in [6, 6.07) is -0.300. The molecule has 1 fully saturated rings. The molecule has 0 aromatic carbocycles. The minimum absolute atomic E-state index is 0.137. The van der Waals surface area contributed by atoms with E-state index in [0.29, 0.717) is 13.1 Å². The first-order valence-electron chi connectivity index (χ1n) is 6.66. The maximum Gasteiger partial charge on any atom is 0.280 e. The van der Waals surface area contributed by atoms with Gasteiger partial charge in [-0.1, -0.05) is 13.8 Å². The standard InChI is InChI=1S/C12H22N4O2S/c1-10(2)11(12-13-6-9-15(12)3)14-19(17,18)16-7-4-5-8-16/h6,9-11,14H,4-5,7-8H2,1-3H3/t11-/m1/s1. The van der Waals surface area contributed by atoms with Crippen LogP contribution in [0, 0.1) is 5.92 Å². The molecule has 2 heterocycles. The smallest absolute Gasteiger partial charge is 0.280 e. The number of hydrogen-bond donors (Lipinski definition) is 1. The van der Waals surface area contributed by atoms with Gasteiger partial charge in [-0.05, 0) is 18.8 Å². The van der Waals surface area contributed by atoms with Crippen molar-refractivity contribution < 1.29 is 8.42 Å². The second-order valence-electron chi connectivity index (χ2n) is 5.35. The summed E-state index contributed by atoms with van der Waals surface area (Å²) in [7, 11) is -1.54. The quantitative estimate of drug-likeness (QED) is 0.879. The Morgan fingerprint density at radius 2 is 1.95 bits per heavy atom. The van der Waals surface area contributed by atoms with E-state index in [1.54, 1.807) is 6.20 Å². The van der Waals surface area contributed by atoms with Gasteiger partial charge in [-0.3, -0.25) is 0 Å². The molecule has 0 unspecified atom stereocenters. The topological polar surface area (TPSA) is 67.2 Å². The third kappa shape index (κ3) is 3.16. The van der Waals surface area contributed by atoms with Gasteiger partial charge in [0.2, 0.25) is 0 Å². The molecular weight excluding hydrogens is 264 g/mol. The molecule has 1 aliphatic heterocycles. The van der Waals surface area contributed by atoms with Crippen LogP contribution in [0.25, 0.3) is 0 Å². The Balaban J connectivity index is 2.20. The molecule has 2 rings (SSSR count). The van der Waals surface area contributed by atoms with Crippen molar-refractivity contribution >= 4 is 10.2 Å². The van der Waals surface area contributed by atoms with Crippen LogP contribution in [-0.2, 0) is 17.3 Å². The summed E-state index contributed by atoms with van der Waals surface area (Å²) < 4.78 is 30.8. The molecule has 1 saturated heterocycles. The first kappa shape index (κ1) is 14.5. The first-order valence-corrected chi connectivity index (χ1v) is 8.10. The molecule has 0 aliphatic carbocycles. The molecule has 0 bridgehead atoms. The van der Waals surface area contributed by atoms with E-state index in [9.17, 15) is 8.42 Å². The minimum atomic E-state index is -3.42. The van der Waals surface area contributed by atoms with Crippen molar-refractivity contribution in [1.29, 1.82) is 0 Å². The van der Waals surface area contributed by atoms with E-state index >= 15 is 0 Å². The zero-order valence-corrected chi connectivity index (χ0v) is 12.5. The molecular formula is C12H22N4O2S. The van der Waals surface area contributed by atoms with Crippen molar-refractivity contribution in [2.45, 2.75) is 32.7 Å². The van der Waals surface area contributed by atoms with Crippen molar-refractivity contribution in [3.63, 3.8) is 0 Å². The average Bonchev–Trinajstić information content (AvgIpc) is 2.96. The van der Waals surface area contributed by atoms with Gasteiger partial charge >= 0.3 is 0 Å². The van der Waals surface area contributed by atoms with Crippen molar-refractivity contribution in [3.05, 3.63) is 18.2 Å². The fourth-order valence-corrected chi connectivity index (χ4v) is 3.91. The highest BCUT2D eigenvalue weighted by molar-refractivity contribution is 7.87. The highest BCUT2D eigenvalue weighted by Gasteiger charge is 2.31. The highest BCUT2D eigenvalue weighted by Crippen LogP contribution is 2.22. The van der Waals surface area contributed by atoms with Crippen LogP contribution in [0.2, 0.25) is 0 Å². The van der Waals surface area contributed by atoms with Gasteiger partial charge in [0.15, 0.2) is 0 Å². The molecule has 0 amide bonds. The second-order valence-corrected chi connectivity index (χ2v) is 7.05. The number of aromatic nitrogens is 2. The summed E-state index contributed by atoms with van der Waals surface area (Å²) in [5, 5.41) is 0. The van der Waals surface area contributed by atoms with Crippen LogP contribution in [-0.4, -0.2) is 35.4 Å². The van der Waals surface area contributed by atoms with E-state index in [1.807, 2.05) is 31.7 Å². The van der Waals surface area contributed by atoms with E-state index in [0.717, 1.165) is 18.7 Å². The van der Waals surface area contributed by atoms with Crippen LogP contribution < -0.4 is 4.72 Å². The van der Waals surface area contributed by atoms with Crippen LogP contribution >= 0.6 is 0 Å². The Kier molecular flexibility index (Phi) is 4.27. The summed E-state index contributed by atoms with van der Waals surface area (Å²) in [5.41, 5.74) is 0. The molecule has 1 aliphatic rings. The van der Waals surface area contributed by atoms with Crippen LogP contribution in [0.1, 0.15) is 38.6 Å². The number of hydrogen-bond acceptors (Lipinski definition) is 3. The van der Waals surface area contributed by atoms with Crippen molar-refractivity contribution in [3.8, 4) is 0 Å². The molecule has 1 aromatic heterocycles. The van der Waals surface area contributed by atoms with Crippen LogP contribution in [0.15, 0.2) is 12.4 Å². The largest absolute Gasteiger partial charge is 0.337 e. The van der Waals surface area contributed by atoms with Crippen molar-refractivity contribution in [2.75, 3.05) is 13.1 Å². The molecule has 0 spiro atoms. The third-order valence-corrected chi connectivity index (χ3v) is 5.08. The average molecular weight is 286 g/mol. The lowest BCUT2D eigenvalue weighted by molar-refractivity contribution is 0.404. The second kappa shape index (κ2) is 5.60. The lowest BCUT2D eigenvalue weighted by Crippen LogP contribution is -2.42. The monoisotopic (exact) mass is 286 g/mol. The normalized spacial score (nSPS) is 19.2. The molecule has 6 nitrogen and oxygen atoms in total. The van der Waals surface area contributed by atoms with E-state index in [1.165, 1.54) is 4.31 Å². The van der Waals surface area contributed by atoms with E-state index < -0.39 is 10.2 Å². The molecule has 1 N–H and O–H groups in total. The molecule has 19 heavy (non-hydrogen) atoms. The van der Waals surface area contributed by atoms with Crippen LogP contribution in [0.4, 0.5) is 0 Å². The maximum atomic E-state index is 12.3. The first-order chi connectivity index (χ1) is 8.92. The SMILES string of the molecule is CC(C)[C@@H](NS(=O)(=O)N1CCCC1)c1nccn1C. The summed E-state index contributed by atoms with van der Waals surface area (Å²) in [5.74, 6) is 0.885. The van der Waals surface area contributed by atoms with Gasteiger partial charge in [0.25, 0.3) is 10.2 Å². The van der Waals surface area contributed by atoms with Gasteiger partial charge in [0.1, 0.15) is 5.82 Å². The van der Waals surface area contributed by atoms with Crippen molar-refractivity contribution in [2.24, 2.45) is 13.0 Å². The third-order valence-electron chi connectivity index (χ3n) is 3.48. The Bertz CT molecular complexity index is 518. The highest BCUT2D eigenvalue weighted by atomic mass is 32.2. The number of aryl methyl sites for hydroxylation is 1. The summed E-state index contributed by atoms with van der Waals surface area (Å²) >= 11 is 0. The molecule has 0 radical (unpaired) electrons. The maximum absolute atomic E-state index is 12.3. The predicted molar refractivity (Wildman–Crippen MR) is 73.6 cm³/mol.